The van der Waals surface area contributed by atoms with E-state index in [0.717, 1.165) is 24.1 Å². The summed E-state index contributed by atoms with van der Waals surface area (Å²) in [5.74, 6) is 2.93. The molecule has 0 saturated heterocycles. The molecule has 0 aliphatic heterocycles. The number of hydrogen-bond acceptors (Lipinski definition) is 4. The highest BCUT2D eigenvalue weighted by atomic mass is 32.3. The van der Waals surface area contributed by atoms with Gasteiger partial charge in [-0.25, -0.2) is 0 Å². The summed E-state index contributed by atoms with van der Waals surface area (Å²) in [6.45, 7) is 4.69. The predicted octanol–water partition coefficient (Wildman–Crippen LogP) is 2.85. The van der Waals surface area contributed by atoms with Crippen LogP contribution in [-0.4, -0.2) is 36.4 Å². The van der Waals surface area contributed by atoms with Crippen molar-refractivity contribution in [3.63, 3.8) is 0 Å². The van der Waals surface area contributed by atoms with Crippen molar-refractivity contribution in [3.8, 4) is 0 Å². The molecular weight excluding hydrogens is 298 g/mol. The van der Waals surface area contributed by atoms with E-state index in [-0.39, 0.29) is 0 Å². The Kier molecular flexibility index (Phi) is 11.9. The van der Waals surface area contributed by atoms with Crippen LogP contribution in [0.2, 0.25) is 0 Å². The molecule has 1 saturated carbocycles. The van der Waals surface area contributed by atoms with E-state index in [1.54, 1.807) is 0 Å². The highest BCUT2D eigenvalue weighted by Gasteiger charge is 2.19. The molecule has 0 bridgehead atoms. The lowest BCUT2D eigenvalue weighted by Gasteiger charge is -2.27. The van der Waals surface area contributed by atoms with Gasteiger partial charge in [-0.3, -0.25) is 9.11 Å². The second-order valence-corrected chi connectivity index (χ2v) is 6.78. The van der Waals surface area contributed by atoms with Crippen LogP contribution in [0.15, 0.2) is 0 Å². The standard InChI is InChI=1S/C13H27NS.H2O4S/c1-12(6-5-9-14-10-11-15)13-7-3-2-4-8-13;1-5(2,3)4/h12-15H,2-11H2,1H3;(H2,1,2,3,4). The summed E-state index contributed by atoms with van der Waals surface area (Å²) in [6, 6.07) is 0. The zero-order chi connectivity index (χ0) is 15.4. The topological polar surface area (TPSA) is 86.6 Å². The Morgan fingerprint density at radius 2 is 1.75 bits per heavy atom. The molecule has 0 heterocycles. The van der Waals surface area contributed by atoms with E-state index in [1.165, 1.54) is 51.5 Å². The Labute approximate surface area is 128 Å². The van der Waals surface area contributed by atoms with Crippen molar-refractivity contribution in [3.05, 3.63) is 0 Å². The smallest absolute Gasteiger partial charge is 0.316 e. The zero-order valence-electron chi connectivity index (χ0n) is 12.3. The van der Waals surface area contributed by atoms with E-state index in [4.69, 9.17) is 17.5 Å². The molecule has 1 rings (SSSR count). The first-order valence-corrected chi connectivity index (χ1v) is 9.39. The van der Waals surface area contributed by atoms with Gasteiger partial charge in [-0.1, -0.05) is 39.0 Å². The second kappa shape index (κ2) is 11.8. The third kappa shape index (κ3) is 14.6. The van der Waals surface area contributed by atoms with Crippen LogP contribution in [0, 0.1) is 11.8 Å². The molecule has 20 heavy (non-hydrogen) atoms. The van der Waals surface area contributed by atoms with Crippen molar-refractivity contribution in [1.29, 1.82) is 0 Å². The summed E-state index contributed by atoms with van der Waals surface area (Å²) >= 11 is 4.18. The molecule has 1 atom stereocenters. The molecule has 1 aliphatic rings. The van der Waals surface area contributed by atoms with E-state index < -0.39 is 10.4 Å². The van der Waals surface area contributed by atoms with Crippen LogP contribution in [0.1, 0.15) is 51.9 Å². The average molecular weight is 328 g/mol. The Balaban J connectivity index is 0.000000621. The molecule has 122 valence electrons. The van der Waals surface area contributed by atoms with Crippen LogP contribution >= 0.6 is 12.6 Å². The van der Waals surface area contributed by atoms with E-state index in [1.807, 2.05) is 0 Å². The van der Waals surface area contributed by atoms with Gasteiger partial charge in [-0.15, -0.1) is 0 Å². The van der Waals surface area contributed by atoms with Gasteiger partial charge in [-0.05, 0) is 31.2 Å². The van der Waals surface area contributed by atoms with Gasteiger partial charge in [0.05, 0.1) is 0 Å². The van der Waals surface area contributed by atoms with Crippen molar-refractivity contribution >= 4 is 23.0 Å². The molecule has 5 nitrogen and oxygen atoms in total. The summed E-state index contributed by atoms with van der Waals surface area (Å²) in [7, 11) is -4.67. The highest BCUT2D eigenvalue weighted by molar-refractivity contribution is 7.80. The molecule has 1 fully saturated rings. The molecule has 1 aliphatic carbocycles. The molecule has 0 aromatic rings. The third-order valence-corrected chi connectivity index (χ3v) is 3.98. The van der Waals surface area contributed by atoms with Crippen molar-refractivity contribution in [2.75, 3.05) is 18.8 Å². The minimum Gasteiger partial charge on any atom is -0.316 e. The molecule has 0 aromatic heterocycles. The minimum absolute atomic E-state index is 0.947. The Bertz CT molecular complexity index is 308. The SMILES string of the molecule is CC(CCCNCCS)C1CCCCC1.O=S(=O)(O)O. The Hall–Kier alpha value is 0.180. The maximum absolute atomic E-state index is 8.74. The van der Waals surface area contributed by atoms with Gasteiger partial charge >= 0.3 is 10.4 Å². The van der Waals surface area contributed by atoms with Crippen LogP contribution in [0.25, 0.3) is 0 Å². The summed E-state index contributed by atoms with van der Waals surface area (Å²) in [5, 5.41) is 3.42. The van der Waals surface area contributed by atoms with Gasteiger partial charge in [-0.2, -0.15) is 21.0 Å². The lowest BCUT2D eigenvalue weighted by atomic mass is 9.79. The van der Waals surface area contributed by atoms with E-state index in [0.29, 0.717) is 0 Å². The van der Waals surface area contributed by atoms with Crippen LogP contribution in [0.4, 0.5) is 0 Å². The van der Waals surface area contributed by atoms with Crippen LogP contribution in [0.5, 0.6) is 0 Å². The molecule has 0 amide bonds. The Morgan fingerprint density at radius 3 is 2.25 bits per heavy atom. The maximum Gasteiger partial charge on any atom is 0.394 e. The van der Waals surface area contributed by atoms with Gasteiger partial charge in [0.1, 0.15) is 0 Å². The summed E-state index contributed by atoms with van der Waals surface area (Å²) in [5.41, 5.74) is 0. The molecule has 0 radical (unpaired) electrons. The molecular formula is C13H29NO4S2. The van der Waals surface area contributed by atoms with Crippen LogP contribution < -0.4 is 5.32 Å². The highest BCUT2D eigenvalue weighted by Crippen LogP contribution is 2.31. The van der Waals surface area contributed by atoms with Gasteiger partial charge in [0.15, 0.2) is 0 Å². The van der Waals surface area contributed by atoms with Crippen LogP contribution in [-0.2, 0) is 10.4 Å². The average Bonchev–Trinajstić information content (AvgIpc) is 2.37. The van der Waals surface area contributed by atoms with E-state index in [9.17, 15) is 0 Å². The monoisotopic (exact) mass is 327 g/mol. The molecule has 7 heteroatoms. The van der Waals surface area contributed by atoms with Crippen molar-refractivity contribution < 1.29 is 17.5 Å². The number of nitrogens with one attached hydrogen (secondary N) is 1. The van der Waals surface area contributed by atoms with Gasteiger partial charge in [0, 0.05) is 12.3 Å². The molecule has 1 unspecified atom stereocenters. The largest absolute Gasteiger partial charge is 0.394 e. The first kappa shape index (κ1) is 20.2. The molecule has 0 aromatic carbocycles. The summed E-state index contributed by atoms with van der Waals surface area (Å²) in [6.07, 6.45) is 10.2. The fourth-order valence-electron chi connectivity index (χ4n) is 2.69. The van der Waals surface area contributed by atoms with Crippen LogP contribution in [0.3, 0.4) is 0 Å². The fraction of sp³-hybridized carbons (Fsp3) is 1.00. The third-order valence-electron chi connectivity index (χ3n) is 3.76. The van der Waals surface area contributed by atoms with Gasteiger partial charge < -0.3 is 5.32 Å². The van der Waals surface area contributed by atoms with Gasteiger partial charge in [0.25, 0.3) is 0 Å². The second-order valence-electron chi connectivity index (χ2n) is 5.44. The first-order chi connectivity index (χ1) is 9.34. The van der Waals surface area contributed by atoms with E-state index in [2.05, 4.69) is 24.9 Å². The quantitative estimate of drug-likeness (QED) is 0.328. The molecule has 3 N–H and O–H groups in total. The fourth-order valence-corrected chi connectivity index (χ4v) is 2.85. The normalized spacial score (nSPS) is 18.2. The first-order valence-electron chi connectivity index (χ1n) is 7.36. The predicted molar refractivity (Wildman–Crippen MR) is 85.9 cm³/mol. The zero-order valence-corrected chi connectivity index (χ0v) is 14.0. The minimum atomic E-state index is -4.67. The van der Waals surface area contributed by atoms with Crippen molar-refractivity contribution in [1.82, 2.24) is 5.32 Å². The Morgan fingerprint density at radius 1 is 1.20 bits per heavy atom. The molecule has 0 spiro atoms. The van der Waals surface area contributed by atoms with Crippen molar-refractivity contribution in [2.45, 2.75) is 51.9 Å². The lowest BCUT2D eigenvalue weighted by Crippen LogP contribution is -2.20. The number of hydrogen-bond donors (Lipinski definition) is 4. The summed E-state index contributed by atoms with van der Waals surface area (Å²) < 4.78 is 31.6. The number of rotatable bonds is 7. The van der Waals surface area contributed by atoms with Crippen molar-refractivity contribution in [2.24, 2.45) is 11.8 Å². The lowest BCUT2D eigenvalue weighted by molar-refractivity contribution is 0.248. The van der Waals surface area contributed by atoms with E-state index >= 15 is 0 Å². The summed E-state index contributed by atoms with van der Waals surface area (Å²) in [4.78, 5) is 0. The number of thiol groups is 1. The van der Waals surface area contributed by atoms with Gasteiger partial charge in [0.2, 0.25) is 0 Å². The maximum atomic E-state index is 8.74.